The van der Waals surface area contributed by atoms with Crippen LogP contribution in [0.5, 0.6) is 0 Å². The van der Waals surface area contributed by atoms with Crippen LogP contribution in [0.1, 0.15) is 60.3 Å². The van der Waals surface area contributed by atoms with Crippen LogP contribution in [0.2, 0.25) is 0 Å². The van der Waals surface area contributed by atoms with Gasteiger partial charge >= 0.3 is 18.0 Å². The van der Waals surface area contributed by atoms with E-state index in [1.165, 1.54) is 14.2 Å². The first-order valence-electron chi connectivity index (χ1n) is 13.0. The number of methoxy groups -OCH3 is 3. The van der Waals surface area contributed by atoms with Crippen molar-refractivity contribution in [2.45, 2.75) is 90.2 Å². The number of hydrogen-bond donors (Lipinski definition) is 3. The molecule has 1 amide bonds. The third kappa shape index (κ3) is 15.7. The van der Waals surface area contributed by atoms with Crippen LogP contribution < -0.4 is 5.32 Å². The van der Waals surface area contributed by atoms with E-state index in [0.29, 0.717) is 6.54 Å². The molecule has 12 nitrogen and oxygen atoms in total. The maximum Gasteiger partial charge on any atom is 0.410 e. The first-order chi connectivity index (χ1) is 18.1. The zero-order valence-corrected chi connectivity index (χ0v) is 27.3. The minimum Gasteiger partial charge on any atom is -0.481 e. The minimum atomic E-state index is -4.16. The van der Waals surface area contributed by atoms with Gasteiger partial charge in [0.1, 0.15) is 5.60 Å². The maximum atomic E-state index is 12.2. The molecule has 0 aliphatic carbocycles. The molecular formula is C25H48Cl2N2O10S. The summed E-state index contributed by atoms with van der Waals surface area (Å²) in [5, 5.41) is 12.5. The van der Waals surface area contributed by atoms with Gasteiger partial charge in [-0.2, -0.15) is 4.21 Å². The Hall–Kier alpha value is -1.22. The molecule has 0 aromatic heterocycles. The molecule has 6 atom stereocenters. The molecule has 2 heterocycles. The number of esters is 1. The second-order valence-corrected chi connectivity index (χ2v) is 17.9. The monoisotopic (exact) mass is 638 g/mol. The molecule has 15 heteroatoms. The molecule has 2 aliphatic heterocycles. The molecule has 2 fully saturated rings. The molecule has 0 spiro atoms. The Morgan fingerprint density at radius 3 is 1.90 bits per heavy atom. The van der Waals surface area contributed by atoms with E-state index in [9.17, 15) is 18.6 Å². The maximum absolute atomic E-state index is 12.2. The minimum absolute atomic E-state index is 0.0788. The van der Waals surface area contributed by atoms with Gasteiger partial charge in [0, 0.05) is 48.2 Å². The molecule has 238 valence electrons. The highest BCUT2D eigenvalue weighted by atomic mass is 36.0. The number of carboxylic acids is 1. The lowest BCUT2D eigenvalue weighted by atomic mass is 9.96. The smallest absolute Gasteiger partial charge is 0.410 e. The van der Waals surface area contributed by atoms with Crippen molar-refractivity contribution in [3.63, 3.8) is 0 Å². The number of carbonyl (C=O) groups excluding carboxylic acids is 2. The van der Waals surface area contributed by atoms with Gasteiger partial charge in [-0.25, -0.2) is 4.79 Å². The van der Waals surface area contributed by atoms with Crippen molar-refractivity contribution in [1.82, 2.24) is 10.2 Å². The van der Waals surface area contributed by atoms with Crippen molar-refractivity contribution < 1.29 is 47.2 Å². The van der Waals surface area contributed by atoms with Crippen molar-refractivity contribution in [2.75, 3.05) is 40.7 Å². The molecule has 40 heavy (non-hydrogen) atoms. The van der Waals surface area contributed by atoms with E-state index in [-0.39, 0.29) is 30.1 Å². The summed E-state index contributed by atoms with van der Waals surface area (Å²) in [7, 11) is 9.70. The number of nitrogens with zero attached hydrogens (tertiary/aromatic N) is 1. The molecule has 0 aromatic carbocycles. The molecule has 2 rings (SSSR count). The van der Waals surface area contributed by atoms with Gasteiger partial charge in [-0.3, -0.25) is 14.1 Å². The van der Waals surface area contributed by atoms with E-state index in [1.54, 1.807) is 18.9 Å². The summed E-state index contributed by atoms with van der Waals surface area (Å²) in [5.74, 6) is -2.01. The first-order valence-corrected chi connectivity index (χ1v) is 17.0. The van der Waals surface area contributed by atoms with E-state index in [2.05, 4.69) is 26.7 Å². The van der Waals surface area contributed by atoms with Crippen LogP contribution >= 0.6 is 21.4 Å². The first kappa shape index (κ1) is 38.8. The highest BCUT2D eigenvalue weighted by Crippen LogP contribution is 2.28. The van der Waals surface area contributed by atoms with Crippen LogP contribution in [0.3, 0.4) is 0 Å². The van der Waals surface area contributed by atoms with Crippen LogP contribution in [0, 0.1) is 11.8 Å². The van der Waals surface area contributed by atoms with Crippen molar-refractivity contribution in [3.8, 4) is 0 Å². The number of amides is 1. The number of rotatable bonds is 8. The van der Waals surface area contributed by atoms with Crippen LogP contribution in [0.25, 0.3) is 0 Å². The molecule has 2 aliphatic rings. The number of hydrogen-bond acceptors (Lipinski definition) is 9. The fourth-order valence-electron chi connectivity index (χ4n) is 4.55. The summed E-state index contributed by atoms with van der Waals surface area (Å²) in [6.45, 7) is 10.5. The lowest BCUT2D eigenvalue weighted by molar-refractivity contribution is -0.150. The molecule has 0 unspecified atom stereocenters. The summed E-state index contributed by atoms with van der Waals surface area (Å²) in [5.41, 5.74) is -0.564. The number of carboxylic acid groups (broad SMARTS) is 1. The van der Waals surface area contributed by atoms with Crippen molar-refractivity contribution in [3.05, 3.63) is 0 Å². The Morgan fingerprint density at radius 1 is 1.00 bits per heavy atom. The summed E-state index contributed by atoms with van der Waals surface area (Å²) in [6, 6.07) is 0.0371. The summed E-state index contributed by atoms with van der Waals surface area (Å²) < 4.78 is 38.7. The van der Waals surface area contributed by atoms with Gasteiger partial charge in [0.05, 0.1) is 43.5 Å². The lowest BCUT2D eigenvalue weighted by Gasteiger charge is -2.34. The van der Waals surface area contributed by atoms with Crippen LogP contribution in [0.15, 0.2) is 0 Å². The van der Waals surface area contributed by atoms with Gasteiger partial charge in [-0.05, 0) is 66.8 Å². The number of nitrogens with one attached hydrogen (secondary N) is 1. The van der Waals surface area contributed by atoms with E-state index in [0.717, 1.165) is 38.5 Å². The zero-order chi connectivity index (χ0) is 31.5. The predicted molar refractivity (Wildman–Crippen MR) is 155 cm³/mol. The van der Waals surface area contributed by atoms with Crippen molar-refractivity contribution in [1.29, 1.82) is 0 Å². The van der Waals surface area contributed by atoms with Gasteiger partial charge < -0.3 is 34.3 Å². The lowest BCUT2D eigenvalue weighted by Crippen LogP contribution is -2.49. The Balaban J connectivity index is 0.000000657. The molecule has 0 saturated carbocycles. The van der Waals surface area contributed by atoms with E-state index in [4.69, 9.17) is 28.6 Å². The van der Waals surface area contributed by atoms with Crippen LogP contribution in [0.4, 0.5) is 4.79 Å². The summed E-state index contributed by atoms with van der Waals surface area (Å²) in [6.07, 6.45) is 3.62. The average molecular weight is 640 g/mol. The Labute approximate surface area is 246 Å². The average Bonchev–Trinajstić information content (AvgIpc) is 3.50. The van der Waals surface area contributed by atoms with Crippen molar-refractivity contribution >= 4 is 47.2 Å². The largest absolute Gasteiger partial charge is 0.481 e. The van der Waals surface area contributed by atoms with Gasteiger partial charge in [-0.15, -0.1) is 0 Å². The fraction of sp³-hybridized carbons (Fsp3) is 0.880. The molecule has 2 saturated heterocycles. The van der Waals surface area contributed by atoms with Crippen LogP contribution in [-0.4, -0.2) is 107 Å². The number of aliphatic carboxylic acids is 1. The fourth-order valence-corrected chi connectivity index (χ4v) is 4.55. The quantitative estimate of drug-likeness (QED) is 0.261. The highest BCUT2D eigenvalue weighted by Gasteiger charge is 2.41. The number of carbonyl (C=O) groups is 3. The molecular weight excluding hydrogens is 591 g/mol. The second-order valence-electron chi connectivity index (χ2n) is 11.0. The Bertz CT molecular complexity index is 866. The van der Waals surface area contributed by atoms with Gasteiger partial charge in [0.2, 0.25) is 0 Å². The SMILES string of the molecule is COC(=O)[C@H](C)[C@@H](OC)[C@@H]1CCCN1.CO[C@H]([C@@H](C)C(=O)O)[C@@H]1CCCN1C(=O)OC(C)(C)C.CS(=O)(O)(Cl)Cl. The Kier molecular flexibility index (Phi) is 15.9. The highest BCUT2D eigenvalue weighted by molar-refractivity contribution is 8.49. The molecule has 0 bridgehead atoms. The number of likely N-dealkylation sites (tertiary alicyclic amines) is 1. The predicted octanol–water partition coefficient (Wildman–Crippen LogP) is 3.90. The Morgan fingerprint density at radius 2 is 1.52 bits per heavy atom. The zero-order valence-electron chi connectivity index (χ0n) is 25.0. The molecule has 0 radical (unpaired) electrons. The third-order valence-electron chi connectivity index (χ3n) is 6.29. The van der Waals surface area contributed by atoms with Gasteiger partial charge in [-0.1, -0.05) is 7.77 Å². The van der Waals surface area contributed by atoms with Gasteiger partial charge in [0.15, 0.2) is 0 Å². The van der Waals surface area contributed by atoms with E-state index >= 15 is 0 Å². The van der Waals surface area contributed by atoms with Crippen LogP contribution in [-0.2, 0) is 36.3 Å². The standard InChI is InChI=1S/C14H25NO5.C10H19NO3.CH4Cl2O2S/c1-9(12(16)17)11(19-5)10-7-6-8-15(10)13(18)20-14(2,3)4;1-7(10(12)14-3)9(13-2)8-5-4-6-11-8;1-6(2,3,4)5/h9-11H,6-8H2,1-5H3,(H,16,17);7-9,11H,4-6H2,1-3H3;1H3,(H,4,5)/t9-,10+,11-;7-,8+,9-;/m11./s1. The third-order valence-corrected chi connectivity index (χ3v) is 6.29. The normalized spacial score (nSPS) is 23.1. The number of halogens is 2. The second kappa shape index (κ2) is 16.4. The molecule has 0 aromatic rings. The van der Waals surface area contributed by atoms with Gasteiger partial charge in [0.25, 0.3) is 0 Å². The van der Waals surface area contributed by atoms with E-state index in [1.807, 2.05) is 27.7 Å². The summed E-state index contributed by atoms with van der Waals surface area (Å²) in [4.78, 5) is 36.3. The summed E-state index contributed by atoms with van der Waals surface area (Å²) >= 11 is 0. The van der Waals surface area contributed by atoms with E-state index < -0.39 is 37.5 Å². The number of ether oxygens (including phenoxy) is 4. The molecule has 3 N–H and O–H groups in total. The topological polar surface area (TPSA) is 161 Å². The van der Waals surface area contributed by atoms with Crippen molar-refractivity contribution in [2.24, 2.45) is 11.8 Å².